The van der Waals surface area contributed by atoms with Crippen LogP contribution in [0.15, 0.2) is 40.4 Å². The number of nitroso groups, excluding NO2 is 1. The molecule has 0 heterocycles. The Kier molecular flexibility index (Phi) is 6.65. The molecular formula is C16H25N5O3. The van der Waals surface area contributed by atoms with E-state index in [1.807, 2.05) is 27.7 Å². The predicted molar refractivity (Wildman–Crippen MR) is 91.3 cm³/mol. The third-order valence-electron chi connectivity index (χ3n) is 3.83. The first kappa shape index (κ1) is 19.8. The second kappa shape index (κ2) is 8.05. The van der Waals surface area contributed by atoms with Gasteiger partial charge in [-0.05, 0) is 45.0 Å². The second-order valence-electron chi connectivity index (χ2n) is 6.45. The summed E-state index contributed by atoms with van der Waals surface area (Å²) in [5.74, 6) is -1.12. The third kappa shape index (κ3) is 4.64. The van der Waals surface area contributed by atoms with Crippen molar-refractivity contribution in [2.75, 3.05) is 13.1 Å². The largest absolute Gasteiger partial charge is 0.309 e. The molecule has 0 saturated carbocycles. The minimum Gasteiger partial charge on any atom is -0.309 e. The molecule has 0 aromatic carbocycles. The summed E-state index contributed by atoms with van der Waals surface area (Å²) < 4.78 is 0. The smallest absolute Gasteiger partial charge is 0.227 e. The van der Waals surface area contributed by atoms with Crippen LogP contribution in [-0.4, -0.2) is 46.8 Å². The molecule has 24 heavy (non-hydrogen) atoms. The first-order valence-electron chi connectivity index (χ1n) is 7.87. The van der Waals surface area contributed by atoms with Crippen molar-refractivity contribution >= 4 is 11.6 Å². The maximum atomic E-state index is 11.9. The zero-order valence-corrected chi connectivity index (χ0v) is 14.7. The summed E-state index contributed by atoms with van der Waals surface area (Å²) in [6.45, 7) is 12.2. The highest BCUT2D eigenvalue weighted by atomic mass is 16.3. The summed E-state index contributed by atoms with van der Waals surface area (Å²) in [5.41, 5.74) is -2.50. The number of ketones is 2. The van der Waals surface area contributed by atoms with Crippen molar-refractivity contribution in [3.8, 4) is 0 Å². The van der Waals surface area contributed by atoms with Gasteiger partial charge in [-0.1, -0.05) is 11.8 Å². The highest BCUT2D eigenvalue weighted by Crippen LogP contribution is 2.30. The van der Waals surface area contributed by atoms with E-state index in [4.69, 9.17) is 0 Å². The predicted octanol–water partition coefficient (Wildman–Crippen LogP) is 2.18. The van der Waals surface area contributed by atoms with Crippen molar-refractivity contribution in [3.05, 3.63) is 29.8 Å². The van der Waals surface area contributed by atoms with Crippen LogP contribution in [0.2, 0.25) is 0 Å². The van der Waals surface area contributed by atoms with E-state index in [0.29, 0.717) is 13.1 Å². The van der Waals surface area contributed by atoms with E-state index < -0.39 is 22.6 Å². The van der Waals surface area contributed by atoms with Crippen molar-refractivity contribution in [1.29, 1.82) is 0 Å². The Labute approximate surface area is 142 Å². The van der Waals surface area contributed by atoms with E-state index in [1.54, 1.807) is 11.2 Å². The summed E-state index contributed by atoms with van der Waals surface area (Å²) in [6, 6.07) is -0.133. The summed E-state index contributed by atoms with van der Waals surface area (Å²) in [5, 5.41) is 15.9. The fourth-order valence-corrected chi connectivity index (χ4v) is 2.40. The van der Waals surface area contributed by atoms with E-state index >= 15 is 0 Å². The molecule has 0 aliphatic heterocycles. The van der Waals surface area contributed by atoms with Crippen LogP contribution in [0, 0.1) is 4.91 Å². The normalized spacial score (nSPS) is 18.2. The summed E-state index contributed by atoms with van der Waals surface area (Å²) in [7, 11) is 0. The van der Waals surface area contributed by atoms with E-state index in [2.05, 4.69) is 27.4 Å². The minimum atomic E-state index is -1.84. The lowest BCUT2D eigenvalue weighted by Crippen LogP contribution is -2.52. The van der Waals surface area contributed by atoms with Crippen LogP contribution >= 0.6 is 0 Å². The Hall–Kier alpha value is -2.22. The van der Waals surface area contributed by atoms with Gasteiger partial charge in [0.25, 0.3) is 0 Å². The van der Waals surface area contributed by atoms with Gasteiger partial charge >= 0.3 is 0 Å². The highest BCUT2D eigenvalue weighted by Gasteiger charge is 2.51. The van der Waals surface area contributed by atoms with E-state index in [0.717, 1.165) is 12.2 Å². The van der Waals surface area contributed by atoms with Crippen LogP contribution in [0.1, 0.15) is 34.1 Å². The van der Waals surface area contributed by atoms with Crippen LogP contribution in [0.5, 0.6) is 0 Å². The second-order valence-corrected chi connectivity index (χ2v) is 6.45. The fourth-order valence-electron chi connectivity index (χ4n) is 2.40. The Morgan fingerprint density at radius 2 is 1.96 bits per heavy atom. The van der Waals surface area contributed by atoms with Gasteiger partial charge in [-0.15, -0.1) is 4.91 Å². The number of rotatable bonds is 10. The fraction of sp³-hybridized carbons (Fsp3) is 0.625. The molecule has 0 amide bonds. The molecule has 0 spiro atoms. The SMILES string of the molecule is C=CN(CC)N=NC(C)CNC(C)(C)CC1(N=O)C(=O)C=CC1=O. The van der Waals surface area contributed by atoms with Crippen molar-refractivity contribution in [2.45, 2.75) is 51.2 Å². The Balaban J connectivity index is 2.66. The Morgan fingerprint density at radius 1 is 1.38 bits per heavy atom. The molecule has 1 unspecified atom stereocenters. The summed E-state index contributed by atoms with van der Waals surface area (Å²) >= 11 is 0. The third-order valence-corrected chi connectivity index (χ3v) is 3.83. The molecule has 8 nitrogen and oxygen atoms in total. The monoisotopic (exact) mass is 335 g/mol. The minimum absolute atomic E-state index is 0.00816. The lowest BCUT2D eigenvalue weighted by Gasteiger charge is -2.32. The molecule has 1 atom stereocenters. The molecule has 0 fully saturated rings. The van der Waals surface area contributed by atoms with Crippen LogP contribution in [0.4, 0.5) is 0 Å². The standard InChI is InChI=1S/C16H25N5O3/c1-6-21(7-2)20-18-12(3)10-17-15(4,5)11-16(19-24)13(22)8-9-14(16)23/h6,8-9,12,17H,1,7,10-11H2,2-5H3. The topological polar surface area (TPSA) is 104 Å². The number of carbonyl (C=O) groups is 2. The lowest BCUT2D eigenvalue weighted by atomic mass is 9.81. The molecule has 132 valence electrons. The molecule has 0 aromatic rings. The van der Waals surface area contributed by atoms with Gasteiger partial charge in [0.05, 0.1) is 6.04 Å². The number of hydrogen-bond donors (Lipinski definition) is 1. The zero-order chi connectivity index (χ0) is 18.4. The molecule has 0 saturated heterocycles. The van der Waals surface area contributed by atoms with Crippen LogP contribution in [0.25, 0.3) is 0 Å². The van der Waals surface area contributed by atoms with Crippen molar-refractivity contribution in [3.63, 3.8) is 0 Å². The molecule has 1 aliphatic rings. The van der Waals surface area contributed by atoms with Gasteiger partial charge in [0.15, 0.2) is 11.6 Å². The van der Waals surface area contributed by atoms with Gasteiger partial charge in [0.1, 0.15) is 0 Å². The van der Waals surface area contributed by atoms with E-state index in [-0.39, 0.29) is 12.5 Å². The average molecular weight is 335 g/mol. The molecule has 8 heteroatoms. The van der Waals surface area contributed by atoms with Crippen molar-refractivity contribution < 1.29 is 9.59 Å². The lowest BCUT2D eigenvalue weighted by molar-refractivity contribution is -0.128. The number of carbonyl (C=O) groups excluding carboxylic acids is 2. The van der Waals surface area contributed by atoms with Crippen molar-refractivity contribution in [2.24, 2.45) is 15.5 Å². The van der Waals surface area contributed by atoms with Gasteiger partial charge in [-0.2, -0.15) is 5.11 Å². The highest BCUT2D eigenvalue weighted by molar-refractivity contribution is 6.26. The Bertz CT molecular complexity index is 550. The van der Waals surface area contributed by atoms with Crippen LogP contribution < -0.4 is 5.32 Å². The Morgan fingerprint density at radius 3 is 2.42 bits per heavy atom. The molecule has 1 N–H and O–H groups in total. The molecule has 1 rings (SSSR count). The summed E-state index contributed by atoms with van der Waals surface area (Å²) in [6.07, 6.45) is 3.81. The molecule has 0 bridgehead atoms. The molecule has 1 aliphatic carbocycles. The van der Waals surface area contributed by atoms with Gasteiger partial charge in [-0.25, -0.2) is 0 Å². The van der Waals surface area contributed by atoms with E-state index in [1.165, 1.54) is 0 Å². The first-order chi connectivity index (χ1) is 11.2. The van der Waals surface area contributed by atoms with Gasteiger partial charge in [0.2, 0.25) is 5.54 Å². The average Bonchev–Trinajstić information content (AvgIpc) is 2.82. The van der Waals surface area contributed by atoms with Crippen LogP contribution in [-0.2, 0) is 9.59 Å². The van der Waals surface area contributed by atoms with E-state index in [9.17, 15) is 14.5 Å². The number of nitrogens with zero attached hydrogens (tertiary/aromatic N) is 4. The van der Waals surface area contributed by atoms with Gasteiger partial charge in [-0.3, -0.25) is 14.6 Å². The molecule has 0 aromatic heterocycles. The van der Waals surface area contributed by atoms with Crippen LogP contribution in [0.3, 0.4) is 0 Å². The van der Waals surface area contributed by atoms with Gasteiger partial charge in [0, 0.05) is 31.2 Å². The maximum Gasteiger partial charge on any atom is 0.227 e. The summed E-state index contributed by atoms with van der Waals surface area (Å²) in [4.78, 5) is 35.0. The van der Waals surface area contributed by atoms with Gasteiger partial charge < -0.3 is 5.32 Å². The number of nitrogens with one attached hydrogen (secondary N) is 1. The number of hydrogen-bond acceptors (Lipinski definition) is 7. The zero-order valence-electron chi connectivity index (χ0n) is 14.7. The molecular weight excluding hydrogens is 310 g/mol. The molecule has 0 radical (unpaired) electrons. The first-order valence-corrected chi connectivity index (χ1v) is 7.87. The quantitative estimate of drug-likeness (QED) is 0.285. The van der Waals surface area contributed by atoms with Crippen molar-refractivity contribution in [1.82, 2.24) is 10.3 Å². The maximum absolute atomic E-state index is 11.9.